The molecule has 0 aromatic heterocycles. The Labute approximate surface area is 76.0 Å². The third kappa shape index (κ3) is 3.40. The van der Waals surface area contributed by atoms with E-state index < -0.39 is 0 Å². The van der Waals surface area contributed by atoms with Crippen molar-refractivity contribution in [3.63, 3.8) is 0 Å². The van der Waals surface area contributed by atoms with Crippen LogP contribution in [0, 0.1) is 5.92 Å². The van der Waals surface area contributed by atoms with Gasteiger partial charge in [-0.2, -0.15) is 0 Å². The van der Waals surface area contributed by atoms with E-state index in [0.29, 0.717) is 6.04 Å². The molecule has 0 aliphatic heterocycles. The Hall–Kier alpha value is -0.300. The molecular weight excluding hydrogens is 146 g/mol. The van der Waals surface area contributed by atoms with Crippen molar-refractivity contribution in [1.82, 2.24) is 0 Å². The topological polar surface area (TPSA) is 26.0 Å². The molecule has 1 rings (SSSR count). The van der Waals surface area contributed by atoms with Gasteiger partial charge >= 0.3 is 0 Å². The van der Waals surface area contributed by atoms with Gasteiger partial charge in [-0.05, 0) is 18.8 Å². The normalized spacial score (nSPS) is 22.1. The molecule has 12 heavy (non-hydrogen) atoms. The van der Waals surface area contributed by atoms with E-state index in [1.807, 2.05) is 6.08 Å². The van der Waals surface area contributed by atoms with E-state index in [4.69, 9.17) is 5.73 Å². The van der Waals surface area contributed by atoms with Crippen molar-refractivity contribution in [2.24, 2.45) is 11.7 Å². The summed E-state index contributed by atoms with van der Waals surface area (Å²) in [6, 6.07) is 0.366. The average Bonchev–Trinajstić information content (AvgIpc) is 2.06. The predicted molar refractivity (Wildman–Crippen MR) is 54.0 cm³/mol. The average molecular weight is 167 g/mol. The van der Waals surface area contributed by atoms with Gasteiger partial charge in [0.2, 0.25) is 0 Å². The van der Waals surface area contributed by atoms with E-state index in [1.54, 1.807) is 0 Å². The Kier molecular flexibility index (Phi) is 4.37. The van der Waals surface area contributed by atoms with Crippen molar-refractivity contribution >= 4 is 0 Å². The first-order valence-corrected chi connectivity index (χ1v) is 5.19. The molecule has 0 radical (unpaired) electrons. The van der Waals surface area contributed by atoms with Crippen molar-refractivity contribution in [3.05, 3.63) is 12.7 Å². The van der Waals surface area contributed by atoms with E-state index >= 15 is 0 Å². The van der Waals surface area contributed by atoms with Gasteiger partial charge in [-0.15, -0.1) is 6.58 Å². The smallest absolute Gasteiger partial charge is 0.00759 e. The molecule has 0 bridgehead atoms. The summed E-state index contributed by atoms with van der Waals surface area (Å²) in [4.78, 5) is 0. The van der Waals surface area contributed by atoms with Crippen molar-refractivity contribution < 1.29 is 0 Å². The third-order valence-corrected chi connectivity index (χ3v) is 2.83. The van der Waals surface area contributed by atoms with E-state index in [1.165, 1.54) is 38.5 Å². The minimum Gasteiger partial charge on any atom is -0.327 e. The van der Waals surface area contributed by atoms with Gasteiger partial charge in [0.25, 0.3) is 0 Å². The lowest BCUT2D eigenvalue weighted by Gasteiger charge is -2.23. The van der Waals surface area contributed by atoms with Gasteiger partial charge in [-0.1, -0.05) is 38.2 Å². The maximum Gasteiger partial charge on any atom is 0.00759 e. The van der Waals surface area contributed by atoms with Crippen LogP contribution in [0.25, 0.3) is 0 Å². The minimum atomic E-state index is 0.366. The summed E-state index contributed by atoms with van der Waals surface area (Å²) < 4.78 is 0. The van der Waals surface area contributed by atoms with Crippen LogP contribution in [0.15, 0.2) is 12.7 Å². The fourth-order valence-electron chi connectivity index (χ4n) is 2.16. The zero-order chi connectivity index (χ0) is 8.81. The molecule has 70 valence electrons. The summed E-state index contributed by atoms with van der Waals surface area (Å²) >= 11 is 0. The Bertz CT molecular complexity index is 125. The summed E-state index contributed by atoms with van der Waals surface area (Å²) in [5, 5.41) is 0. The van der Waals surface area contributed by atoms with Crippen LogP contribution in [-0.2, 0) is 0 Å². The third-order valence-electron chi connectivity index (χ3n) is 2.83. The van der Waals surface area contributed by atoms with Crippen molar-refractivity contribution in [2.45, 2.75) is 51.0 Å². The molecule has 1 fully saturated rings. The molecule has 1 atom stereocenters. The Balaban J connectivity index is 2.15. The van der Waals surface area contributed by atoms with E-state index in [9.17, 15) is 0 Å². The highest BCUT2D eigenvalue weighted by Gasteiger charge is 2.15. The first-order valence-electron chi connectivity index (χ1n) is 5.19. The highest BCUT2D eigenvalue weighted by molar-refractivity contribution is 4.78. The molecule has 0 spiro atoms. The van der Waals surface area contributed by atoms with Gasteiger partial charge in [0.1, 0.15) is 0 Å². The van der Waals surface area contributed by atoms with Crippen LogP contribution in [0.1, 0.15) is 44.9 Å². The van der Waals surface area contributed by atoms with Gasteiger partial charge in [0, 0.05) is 6.04 Å². The quantitative estimate of drug-likeness (QED) is 0.640. The monoisotopic (exact) mass is 167 g/mol. The van der Waals surface area contributed by atoms with Crippen LogP contribution in [-0.4, -0.2) is 6.04 Å². The molecule has 1 nitrogen and oxygen atoms in total. The molecular formula is C11H21N. The lowest BCUT2D eigenvalue weighted by Crippen LogP contribution is -2.23. The molecule has 0 heterocycles. The molecule has 2 N–H and O–H groups in total. The maximum atomic E-state index is 5.94. The molecule has 1 saturated carbocycles. The number of nitrogens with two attached hydrogens (primary N) is 1. The van der Waals surface area contributed by atoms with E-state index in [0.717, 1.165) is 12.3 Å². The molecule has 1 unspecified atom stereocenters. The second-order valence-corrected chi connectivity index (χ2v) is 4.02. The highest BCUT2D eigenvalue weighted by Crippen LogP contribution is 2.27. The van der Waals surface area contributed by atoms with Gasteiger partial charge in [0.15, 0.2) is 0 Å². The molecule has 0 aromatic carbocycles. The second kappa shape index (κ2) is 5.36. The number of hydrogen-bond acceptors (Lipinski definition) is 1. The van der Waals surface area contributed by atoms with Crippen LogP contribution >= 0.6 is 0 Å². The van der Waals surface area contributed by atoms with E-state index in [-0.39, 0.29) is 0 Å². The Morgan fingerprint density at radius 3 is 2.58 bits per heavy atom. The molecule has 0 amide bonds. The van der Waals surface area contributed by atoms with Crippen molar-refractivity contribution in [1.29, 1.82) is 0 Å². The highest BCUT2D eigenvalue weighted by atomic mass is 14.6. The summed E-state index contributed by atoms with van der Waals surface area (Å²) in [7, 11) is 0. The van der Waals surface area contributed by atoms with Gasteiger partial charge < -0.3 is 5.73 Å². The zero-order valence-corrected chi connectivity index (χ0v) is 7.97. The molecule has 0 saturated heterocycles. The fraction of sp³-hybridized carbons (Fsp3) is 0.818. The molecule has 1 aliphatic carbocycles. The Morgan fingerprint density at radius 2 is 2.00 bits per heavy atom. The SMILES string of the molecule is C=CCC(N)CC1CCCCC1. The summed E-state index contributed by atoms with van der Waals surface area (Å²) in [6.45, 7) is 3.71. The molecule has 0 aromatic rings. The lowest BCUT2D eigenvalue weighted by molar-refractivity contribution is 0.318. The van der Waals surface area contributed by atoms with Crippen molar-refractivity contribution in [3.8, 4) is 0 Å². The largest absolute Gasteiger partial charge is 0.327 e. The predicted octanol–water partition coefficient (Wildman–Crippen LogP) is 2.86. The first-order chi connectivity index (χ1) is 5.83. The summed E-state index contributed by atoms with van der Waals surface area (Å²) in [6.07, 6.45) is 11.2. The molecule has 1 aliphatic rings. The fourth-order valence-corrected chi connectivity index (χ4v) is 2.16. The van der Waals surface area contributed by atoms with Crippen LogP contribution in [0.3, 0.4) is 0 Å². The number of rotatable bonds is 4. The second-order valence-electron chi connectivity index (χ2n) is 4.02. The summed E-state index contributed by atoms with van der Waals surface area (Å²) in [5.41, 5.74) is 5.94. The standard InChI is InChI=1S/C11H21N/c1-2-6-11(12)9-10-7-4-3-5-8-10/h2,10-11H,1,3-9,12H2. The van der Waals surface area contributed by atoms with Crippen LogP contribution in [0.5, 0.6) is 0 Å². The first kappa shape index (κ1) is 9.79. The Morgan fingerprint density at radius 1 is 1.33 bits per heavy atom. The minimum absolute atomic E-state index is 0.366. The van der Waals surface area contributed by atoms with Gasteiger partial charge in [-0.3, -0.25) is 0 Å². The zero-order valence-electron chi connectivity index (χ0n) is 7.97. The lowest BCUT2D eigenvalue weighted by atomic mass is 9.84. The van der Waals surface area contributed by atoms with Crippen molar-refractivity contribution in [2.75, 3.05) is 0 Å². The van der Waals surface area contributed by atoms with Gasteiger partial charge in [0.05, 0.1) is 0 Å². The summed E-state index contributed by atoms with van der Waals surface area (Å²) in [5.74, 6) is 0.911. The van der Waals surface area contributed by atoms with Crippen LogP contribution in [0.2, 0.25) is 0 Å². The van der Waals surface area contributed by atoms with Crippen LogP contribution < -0.4 is 5.73 Å². The number of hydrogen-bond donors (Lipinski definition) is 1. The van der Waals surface area contributed by atoms with Gasteiger partial charge in [-0.25, -0.2) is 0 Å². The maximum absolute atomic E-state index is 5.94. The molecule has 1 heteroatoms. The van der Waals surface area contributed by atoms with E-state index in [2.05, 4.69) is 6.58 Å². The van der Waals surface area contributed by atoms with Crippen LogP contribution in [0.4, 0.5) is 0 Å².